The minimum Gasteiger partial charge on any atom is -0.497 e. The summed E-state index contributed by atoms with van der Waals surface area (Å²) >= 11 is 0. The molecule has 0 bridgehead atoms. The SMILES string of the molecule is COc1ccc2c(C)c(CCC(=O)Nc3ccc(OC)c(OC)c3)c(=O)oc2c1. The van der Waals surface area contributed by atoms with Crippen LogP contribution in [0.25, 0.3) is 11.0 Å². The Hall–Kier alpha value is -3.48. The topological polar surface area (TPSA) is 87.0 Å². The number of aryl methyl sites for hydroxylation is 1. The molecule has 1 aromatic heterocycles. The molecule has 0 saturated heterocycles. The highest BCUT2D eigenvalue weighted by Gasteiger charge is 2.14. The average Bonchev–Trinajstić information content (AvgIpc) is 2.72. The summed E-state index contributed by atoms with van der Waals surface area (Å²) in [5.74, 6) is 1.49. The molecule has 0 saturated carbocycles. The van der Waals surface area contributed by atoms with E-state index in [-0.39, 0.29) is 18.7 Å². The second kappa shape index (κ2) is 8.68. The molecule has 0 aliphatic heterocycles. The molecule has 3 rings (SSSR count). The first kappa shape index (κ1) is 20.3. The summed E-state index contributed by atoms with van der Waals surface area (Å²) in [5.41, 5.74) is 1.90. The van der Waals surface area contributed by atoms with E-state index in [9.17, 15) is 9.59 Å². The standard InChI is InChI=1S/C22H23NO6/c1-13-16-7-6-15(26-2)12-19(16)29-22(25)17(13)8-10-21(24)23-14-5-9-18(27-3)20(11-14)28-4/h5-7,9,11-12H,8,10H2,1-4H3,(H,23,24). The van der Waals surface area contributed by atoms with Gasteiger partial charge in [-0.1, -0.05) is 0 Å². The monoisotopic (exact) mass is 397 g/mol. The predicted octanol–water partition coefficient (Wildman–Crippen LogP) is 3.70. The number of carbonyl (C=O) groups is 1. The van der Waals surface area contributed by atoms with Crippen LogP contribution in [0, 0.1) is 6.92 Å². The molecule has 1 heterocycles. The van der Waals surface area contributed by atoms with Gasteiger partial charge in [0.1, 0.15) is 11.3 Å². The fourth-order valence-electron chi connectivity index (χ4n) is 3.17. The predicted molar refractivity (Wildman–Crippen MR) is 110 cm³/mol. The summed E-state index contributed by atoms with van der Waals surface area (Å²) in [6, 6.07) is 10.5. The molecule has 29 heavy (non-hydrogen) atoms. The zero-order valence-electron chi connectivity index (χ0n) is 16.8. The van der Waals surface area contributed by atoms with Crippen LogP contribution in [0.4, 0.5) is 5.69 Å². The number of nitrogens with one attached hydrogen (secondary N) is 1. The third-order valence-electron chi connectivity index (χ3n) is 4.76. The highest BCUT2D eigenvalue weighted by molar-refractivity contribution is 5.91. The van der Waals surface area contributed by atoms with E-state index < -0.39 is 5.63 Å². The van der Waals surface area contributed by atoms with Gasteiger partial charge in [-0.2, -0.15) is 0 Å². The lowest BCUT2D eigenvalue weighted by atomic mass is 10.0. The molecule has 0 unspecified atom stereocenters. The molecular weight excluding hydrogens is 374 g/mol. The highest BCUT2D eigenvalue weighted by Crippen LogP contribution is 2.30. The number of anilines is 1. The molecule has 0 spiro atoms. The molecule has 152 valence electrons. The van der Waals surface area contributed by atoms with Crippen molar-refractivity contribution in [2.45, 2.75) is 19.8 Å². The summed E-state index contributed by atoms with van der Waals surface area (Å²) in [7, 11) is 4.63. The second-order valence-corrected chi connectivity index (χ2v) is 6.47. The number of fused-ring (bicyclic) bond motifs is 1. The van der Waals surface area contributed by atoms with Crippen LogP contribution in [0.1, 0.15) is 17.5 Å². The lowest BCUT2D eigenvalue weighted by Crippen LogP contribution is -2.16. The third-order valence-corrected chi connectivity index (χ3v) is 4.76. The van der Waals surface area contributed by atoms with Crippen molar-refractivity contribution in [1.29, 1.82) is 0 Å². The Morgan fingerprint density at radius 3 is 2.45 bits per heavy atom. The van der Waals surface area contributed by atoms with E-state index >= 15 is 0 Å². The largest absolute Gasteiger partial charge is 0.497 e. The number of amides is 1. The van der Waals surface area contributed by atoms with Crippen molar-refractivity contribution in [2.24, 2.45) is 0 Å². The summed E-state index contributed by atoms with van der Waals surface area (Å²) in [5, 5.41) is 3.63. The minimum atomic E-state index is -0.442. The molecule has 7 heteroatoms. The highest BCUT2D eigenvalue weighted by atomic mass is 16.5. The fraction of sp³-hybridized carbons (Fsp3) is 0.273. The van der Waals surface area contributed by atoms with E-state index in [2.05, 4.69) is 5.32 Å². The molecule has 0 atom stereocenters. The molecule has 2 aromatic carbocycles. The van der Waals surface area contributed by atoms with Crippen LogP contribution in [0.3, 0.4) is 0 Å². The second-order valence-electron chi connectivity index (χ2n) is 6.47. The quantitative estimate of drug-likeness (QED) is 0.612. The van der Waals surface area contributed by atoms with Gasteiger partial charge in [-0.25, -0.2) is 4.79 Å². The minimum absolute atomic E-state index is 0.140. The smallest absolute Gasteiger partial charge is 0.339 e. The van der Waals surface area contributed by atoms with Gasteiger partial charge in [0.25, 0.3) is 0 Å². The van der Waals surface area contributed by atoms with Gasteiger partial charge in [0.2, 0.25) is 5.91 Å². The van der Waals surface area contributed by atoms with E-state index in [1.807, 2.05) is 19.1 Å². The normalized spacial score (nSPS) is 10.6. The Labute approximate surface area is 168 Å². The van der Waals surface area contributed by atoms with Crippen LogP contribution >= 0.6 is 0 Å². The van der Waals surface area contributed by atoms with Gasteiger partial charge < -0.3 is 23.9 Å². The van der Waals surface area contributed by atoms with Crippen LogP contribution in [0.2, 0.25) is 0 Å². The van der Waals surface area contributed by atoms with Crippen LogP contribution in [0.15, 0.2) is 45.6 Å². The average molecular weight is 397 g/mol. The summed E-state index contributed by atoms with van der Waals surface area (Å²) in [6.07, 6.45) is 0.414. The molecule has 0 radical (unpaired) electrons. The number of ether oxygens (including phenoxy) is 3. The Morgan fingerprint density at radius 2 is 1.76 bits per heavy atom. The Morgan fingerprint density at radius 1 is 1.00 bits per heavy atom. The van der Waals surface area contributed by atoms with Gasteiger partial charge >= 0.3 is 5.63 Å². The van der Waals surface area contributed by atoms with Gasteiger partial charge in [0.15, 0.2) is 11.5 Å². The first-order valence-electron chi connectivity index (χ1n) is 9.09. The van der Waals surface area contributed by atoms with Crippen LogP contribution < -0.4 is 25.2 Å². The maximum absolute atomic E-state index is 12.4. The van der Waals surface area contributed by atoms with Gasteiger partial charge in [0, 0.05) is 35.2 Å². The van der Waals surface area contributed by atoms with Crippen molar-refractivity contribution in [3.8, 4) is 17.2 Å². The van der Waals surface area contributed by atoms with Gasteiger partial charge in [-0.05, 0) is 43.2 Å². The maximum Gasteiger partial charge on any atom is 0.339 e. The first-order chi connectivity index (χ1) is 14.0. The lowest BCUT2D eigenvalue weighted by Gasteiger charge is -2.11. The van der Waals surface area contributed by atoms with Crippen LogP contribution in [0.5, 0.6) is 17.2 Å². The molecule has 0 fully saturated rings. The van der Waals surface area contributed by atoms with Crippen molar-refractivity contribution in [3.63, 3.8) is 0 Å². The number of hydrogen-bond acceptors (Lipinski definition) is 6. The Kier molecular flexibility index (Phi) is 6.07. The third kappa shape index (κ3) is 4.34. The Bertz CT molecular complexity index is 1100. The number of carbonyl (C=O) groups excluding carboxylic acids is 1. The van der Waals surface area contributed by atoms with Crippen molar-refractivity contribution in [1.82, 2.24) is 0 Å². The Balaban J connectivity index is 1.75. The van der Waals surface area contributed by atoms with Crippen LogP contribution in [-0.2, 0) is 11.2 Å². The van der Waals surface area contributed by atoms with E-state index in [4.69, 9.17) is 18.6 Å². The summed E-state index contributed by atoms with van der Waals surface area (Å²) < 4.78 is 21.0. The van der Waals surface area contributed by atoms with Gasteiger partial charge in [0.05, 0.1) is 21.3 Å². The maximum atomic E-state index is 12.4. The first-order valence-corrected chi connectivity index (χ1v) is 9.09. The van der Waals surface area contributed by atoms with Crippen molar-refractivity contribution < 1.29 is 23.4 Å². The van der Waals surface area contributed by atoms with E-state index in [0.29, 0.717) is 34.1 Å². The molecule has 0 aliphatic rings. The van der Waals surface area contributed by atoms with Crippen molar-refractivity contribution in [3.05, 3.63) is 57.9 Å². The van der Waals surface area contributed by atoms with Crippen molar-refractivity contribution in [2.75, 3.05) is 26.6 Å². The van der Waals surface area contributed by atoms with E-state index in [1.165, 1.54) is 7.11 Å². The van der Waals surface area contributed by atoms with E-state index in [0.717, 1.165) is 10.9 Å². The number of hydrogen-bond donors (Lipinski definition) is 1. The van der Waals surface area contributed by atoms with Gasteiger partial charge in [-0.3, -0.25) is 4.79 Å². The molecule has 3 aromatic rings. The zero-order valence-corrected chi connectivity index (χ0v) is 16.8. The molecular formula is C22H23NO6. The number of rotatable bonds is 7. The number of benzene rings is 2. The fourth-order valence-corrected chi connectivity index (χ4v) is 3.17. The van der Waals surface area contributed by atoms with Crippen molar-refractivity contribution >= 4 is 22.6 Å². The molecule has 7 nitrogen and oxygen atoms in total. The summed E-state index contributed by atoms with van der Waals surface area (Å²) in [6.45, 7) is 1.85. The summed E-state index contributed by atoms with van der Waals surface area (Å²) in [4.78, 5) is 24.8. The zero-order chi connectivity index (χ0) is 21.0. The number of methoxy groups -OCH3 is 3. The molecule has 0 aliphatic carbocycles. The van der Waals surface area contributed by atoms with Gasteiger partial charge in [-0.15, -0.1) is 0 Å². The van der Waals surface area contributed by atoms with Crippen LogP contribution in [-0.4, -0.2) is 27.2 Å². The lowest BCUT2D eigenvalue weighted by molar-refractivity contribution is -0.116. The molecule has 1 N–H and O–H groups in total. The molecule has 1 amide bonds. The van der Waals surface area contributed by atoms with E-state index in [1.54, 1.807) is 38.5 Å².